The highest BCUT2D eigenvalue weighted by Gasteiger charge is 2.44. The Hall–Kier alpha value is -1.55. The van der Waals surface area contributed by atoms with Crippen LogP contribution in [0.15, 0.2) is 35.5 Å². The molecule has 162 valence electrons. The molecule has 0 unspecified atom stereocenters. The van der Waals surface area contributed by atoms with Crippen LogP contribution in [0.25, 0.3) is 0 Å². The Labute approximate surface area is 170 Å². The largest absolute Gasteiger partial charge is 0.454 e. The molecule has 2 saturated heterocycles. The van der Waals surface area contributed by atoms with Crippen molar-refractivity contribution in [2.45, 2.75) is 69.4 Å². The van der Waals surface area contributed by atoms with Crippen LogP contribution >= 0.6 is 0 Å². The molecule has 29 heavy (non-hydrogen) atoms. The molecule has 2 heterocycles. The molecule has 8 nitrogen and oxygen atoms in total. The van der Waals surface area contributed by atoms with E-state index in [0.717, 1.165) is 24.8 Å². The van der Waals surface area contributed by atoms with Crippen LogP contribution in [0, 0.1) is 5.92 Å². The van der Waals surface area contributed by atoms with Crippen LogP contribution in [0.5, 0.6) is 0 Å². The van der Waals surface area contributed by atoms with Gasteiger partial charge in [-0.15, -0.1) is 0 Å². The van der Waals surface area contributed by atoms with E-state index in [0.29, 0.717) is 12.0 Å². The summed E-state index contributed by atoms with van der Waals surface area (Å²) >= 11 is 0. The molecule has 8 heteroatoms. The quantitative estimate of drug-likeness (QED) is 0.297. The minimum absolute atomic E-state index is 0.0861. The molecule has 1 aliphatic carbocycles. The number of carbonyl (C=O) groups is 1. The van der Waals surface area contributed by atoms with Crippen molar-refractivity contribution >= 4 is 5.97 Å². The number of hydrogen-bond donors (Lipinski definition) is 4. The Morgan fingerprint density at radius 1 is 1.21 bits per heavy atom. The van der Waals surface area contributed by atoms with Gasteiger partial charge < -0.3 is 34.6 Å². The molecule has 3 aliphatic rings. The van der Waals surface area contributed by atoms with E-state index in [-0.39, 0.29) is 18.5 Å². The Balaban J connectivity index is 1.72. The lowest BCUT2D eigenvalue weighted by Crippen LogP contribution is -2.59. The van der Waals surface area contributed by atoms with Crippen LogP contribution in [-0.4, -0.2) is 76.4 Å². The van der Waals surface area contributed by atoms with Crippen molar-refractivity contribution < 1.29 is 39.4 Å². The van der Waals surface area contributed by atoms with Gasteiger partial charge in [-0.05, 0) is 44.3 Å². The molecule has 7 atom stereocenters. The van der Waals surface area contributed by atoms with E-state index in [1.807, 2.05) is 6.08 Å². The Morgan fingerprint density at radius 3 is 2.69 bits per heavy atom. The van der Waals surface area contributed by atoms with Gasteiger partial charge in [0.2, 0.25) is 0 Å². The number of allylic oxidation sites excluding steroid dienone is 2. The smallest absolute Gasteiger partial charge is 0.334 e. The van der Waals surface area contributed by atoms with Crippen molar-refractivity contribution in [1.29, 1.82) is 0 Å². The number of esters is 1. The van der Waals surface area contributed by atoms with Gasteiger partial charge in [0.05, 0.1) is 13.2 Å². The zero-order chi connectivity index (χ0) is 21.1. The van der Waals surface area contributed by atoms with Crippen molar-refractivity contribution in [1.82, 2.24) is 0 Å². The lowest BCUT2D eigenvalue weighted by molar-refractivity contribution is -0.299. The van der Waals surface area contributed by atoms with Crippen LogP contribution in [-0.2, 0) is 19.0 Å². The average molecular weight is 410 g/mol. The maximum Gasteiger partial charge on any atom is 0.334 e. The zero-order valence-corrected chi connectivity index (χ0v) is 16.6. The van der Waals surface area contributed by atoms with Crippen molar-refractivity contribution in [2.24, 2.45) is 5.92 Å². The van der Waals surface area contributed by atoms with Crippen LogP contribution in [0.1, 0.15) is 32.6 Å². The average Bonchev–Trinajstić information content (AvgIpc) is 2.96. The predicted octanol–water partition coefficient (Wildman–Crippen LogP) is 0.347. The molecule has 0 radical (unpaired) electrons. The van der Waals surface area contributed by atoms with Crippen molar-refractivity contribution in [3.63, 3.8) is 0 Å². The second-order valence-corrected chi connectivity index (χ2v) is 7.96. The third-order valence-corrected chi connectivity index (χ3v) is 5.84. The summed E-state index contributed by atoms with van der Waals surface area (Å²) in [6.07, 6.45) is 0.142. The third-order valence-electron chi connectivity index (χ3n) is 5.84. The van der Waals surface area contributed by atoms with E-state index >= 15 is 0 Å². The standard InChI is InChI=1S/C21H30O8/c1-11-4-3-5-13(8-15-14(7-6-11)12(2)20(26)28-15)10-27-21-19(25)18(24)17(23)16(9-22)29-21/h4,8,14-19,21-25H,2-3,5-7,9-10H2,1H3/b11-4-,13-8+/t14-,15-,16+,17+,18-,19+,21+/m0/s1. The summed E-state index contributed by atoms with van der Waals surface area (Å²) < 4.78 is 16.5. The maximum absolute atomic E-state index is 12.0. The van der Waals surface area contributed by atoms with E-state index in [1.165, 1.54) is 5.57 Å². The minimum Gasteiger partial charge on any atom is -0.454 e. The molecular weight excluding hydrogens is 380 g/mol. The maximum atomic E-state index is 12.0. The summed E-state index contributed by atoms with van der Waals surface area (Å²) in [5.74, 6) is -0.474. The summed E-state index contributed by atoms with van der Waals surface area (Å²) in [4.78, 5) is 12.0. The number of fused-ring (bicyclic) bond motifs is 1. The molecule has 0 aromatic carbocycles. The van der Waals surface area contributed by atoms with Gasteiger partial charge in [-0.25, -0.2) is 4.79 Å². The molecule has 2 fully saturated rings. The van der Waals surface area contributed by atoms with Crippen molar-refractivity contribution in [3.05, 3.63) is 35.5 Å². The Bertz CT molecular complexity index is 682. The van der Waals surface area contributed by atoms with Gasteiger partial charge in [-0.2, -0.15) is 0 Å². The highest BCUT2D eigenvalue weighted by molar-refractivity contribution is 5.91. The van der Waals surface area contributed by atoms with Gasteiger partial charge in [-0.1, -0.05) is 18.2 Å². The van der Waals surface area contributed by atoms with Crippen molar-refractivity contribution in [2.75, 3.05) is 13.2 Å². The minimum atomic E-state index is -1.49. The third kappa shape index (κ3) is 4.96. The van der Waals surface area contributed by atoms with E-state index in [2.05, 4.69) is 19.6 Å². The summed E-state index contributed by atoms with van der Waals surface area (Å²) in [5, 5.41) is 39.2. The highest BCUT2D eigenvalue weighted by atomic mass is 16.7. The molecule has 0 amide bonds. The van der Waals surface area contributed by atoms with Gasteiger partial charge in [-0.3, -0.25) is 0 Å². The molecule has 0 spiro atoms. The number of aliphatic hydroxyl groups excluding tert-OH is 4. The number of ether oxygens (including phenoxy) is 3. The van der Waals surface area contributed by atoms with E-state index in [1.54, 1.807) is 0 Å². The normalized spacial score (nSPS) is 42.3. The monoisotopic (exact) mass is 410 g/mol. The van der Waals surface area contributed by atoms with Gasteiger partial charge >= 0.3 is 5.97 Å². The number of rotatable bonds is 4. The number of aliphatic hydroxyl groups is 4. The van der Waals surface area contributed by atoms with E-state index < -0.39 is 43.4 Å². The topological polar surface area (TPSA) is 126 Å². The molecule has 0 bridgehead atoms. The molecule has 3 rings (SSSR count). The van der Waals surface area contributed by atoms with Crippen LogP contribution < -0.4 is 0 Å². The first kappa shape index (κ1) is 22.1. The fourth-order valence-corrected chi connectivity index (χ4v) is 3.94. The highest BCUT2D eigenvalue weighted by Crippen LogP contribution is 2.34. The summed E-state index contributed by atoms with van der Waals surface area (Å²) in [6.45, 7) is 5.51. The van der Waals surface area contributed by atoms with Gasteiger partial charge in [0.15, 0.2) is 6.29 Å². The molecule has 0 aromatic rings. The lowest BCUT2D eigenvalue weighted by atomic mass is 9.88. The van der Waals surface area contributed by atoms with Crippen LogP contribution in [0.2, 0.25) is 0 Å². The number of hydrogen-bond acceptors (Lipinski definition) is 8. The predicted molar refractivity (Wildman–Crippen MR) is 103 cm³/mol. The fourth-order valence-electron chi connectivity index (χ4n) is 3.94. The summed E-state index contributed by atoms with van der Waals surface area (Å²) in [5.41, 5.74) is 2.59. The first-order valence-corrected chi connectivity index (χ1v) is 9.99. The van der Waals surface area contributed by atoms with E-state index in [4.69, 9.17) is 14.2 Å². The molecule has 0 saturated carbocycles. The molecule has 2 aliphatic heterocycles. The summed E-state index contributed by atoms with van der Waals surface area (Å²) in [7, 11) is 0. The summed E-state index contributed by atoms with van der Waals surface area (Å²) in [6, 6.07) is 0. The second kappa shape index (κ2) is 9.51. The van der Waals surface area contributed by atoms with Gasteiger partial charge in [0, 0.05) is 11.5 Å². The Morgan fingerprint density at radius 2 is 1.97 bits per heavy atom. The first-order chi connectivity index (χ1) is 13.8. The lowest BCUT2D eigenvalue weighted by Gasteiger charge is -2.39. The second-order valence-electron chi connectivity index (χ2n) is 7.96. The Kier molecular flexibility index (Phi) is 7.26. The number of carbonyl (C=O) groups excluding carboxylic acids is 1. The molecular formula is C21H30O8. The molecule has 4 N–H and O–H groups in total. The van der Waals surface area contributed by atoms with Gasteiger partial charge in [0.25, 0.3) is 0 Å². The van der Waals surface area contributed by atoms with E-state index in [9.17, 15) is 25.2 Å². The van der Waals surface area contributed by atoms with Crippen molar-refractivity contribution in [3.8, 4) is 0 Å². The SMILES string of the molecule is C=C1C(=O)O[C@H]2/C=C(/CO[C@@H]3O[C@H](CO)[C@@H](O)[C@H](O)[C@H]3O)CC/C=C(/C)CC[C@@H]12. The van der Waals surface area contributed by atoms with Gasteiger partial charge in [0.1, 0.15) is 30.5 Å². The van der Waals surface area contributed by atoms with Crippen LogP contribution in [0.3, 0.4) is 0 Å². The van der Waals surface area contributed by atoms with Crippen LogP contribution in [0.4, 0.5) is 0 Å². The zero-order valence-electron chi connectivity index (χ0n) is 16.6. The fraction of sp³-hybridized carbons (Fsp3) is 0.667. The first-order valence-electron chi connectivity index (χ1n) is 9.99. The molecule has 0 aromatic heterocycles.